The average molecular weight is 286 g/mol. The molecule has 0 saturated carbocycles. The maximum absolute atomic E-state index is 11.9. The summed E-state index contributed by atoms with van der Waals surface area (Å²) < 4.78 is 0. The van der Waals surface area contributed by atoms with E-state index in [9.17, 15) is 14.4 Å². The smallest absolute Gasteiger partial charge is 0.312 e. The van der Waals surface area contributed by atoms with Crippen molar-refractivity contribution >= 4 is 34.9 Å². The fourth-order valence-corrected chi connectivity index (χ4v) is 1.70. The van der Waals surface area contributed by atoms with Crippen LogP contribution in [0.2, 0.25) is 0 Å². The summed E-state index contributed by atoms with van der Waals surface area (Å²) in [7, 11) is 3.18. The molecule has 7 nitrogen and oxygen atoms in total. The molecule has 1 heterocycles. The Labute approximate surface area is 117 Å². The Morgan fingerprint density at radius 1 is 1.37 bits per heavy atom. The van der Waals surface area contributed by atoms with Gasteiger partial charge in [0, 0.05) is 40.2 Å². The maximum atomic E-state index is 11.9. The van der Waals surface area contributed by atoms with E-state index in [0.717, 1.165) is 0 Å². The molecular formula is C11H18N4O3S. The third-order valence-electron chi connectivity index (χ3n) is 2.97. The molecule has 1 aliphatic heterocycles. The van der Waals surface area contributed by atoms with Gasteiger partial charge in [0.1, 0.15) is 6.54 Å². The van der Waals surface area contributed by atoms with Crippen molar-refractivity contribution in [3.8, 4) is 0 Å². The van der Waals surface area contributed by atoms with Gasteiger partial charge in [-0.2, -0.15) is 0 Å². The molecule has 0 aromatic carbocycles. The Hall–Kier alpha value is -1.70. The van der Waals surface area contributed by atoms with Gasteiger partial charge < -0.3 is 20.4 Å². The molecule has 0 aromatic heterocycles. The van der Waals surface area contributed by atoms with Crippen molar-refractivity contribution in [1.82, 2.24) is 14.7 Å². The summed E-state index contributed by atoms with van der Waals surface area (Å²) in [5, 5.41) is 0. The van der Waals surface area contributed by atoms with Gasteiger partial charge in [0.2, 0.25) is 5.91 Å². The van der Waals surface area contributed by atoms with Crippen LogP contribution < -0.4 is 5.73 Å². The van der Waals surface area contributed by atoms with Crippen molar-refractivity contribution in [3.63, 3.8) is 0 Å². The maximum Gasteiger partial charge on any atom is 0.312 e. The van der Waals surface area contributed by atoms with Crippen molar-refractivity contribution in [2.24, 2.45) is 5.73 Å². The number of hydrogen-bond donors (Lipinski definition) is 1. The molecule has 0 spiro atoms. The summed E-state index contributed by atoms with van der Waals surface area (Å²) in [4.78, 5) is 39.4. The van der Waals surface area contributed by atoms with E-state index in [4.69, 9.17) is 18.0 Å². The number of carbonyl (C=O) groups is 3. The molecule has 0 unspecified atom stereocenters. The summed E-state index contributed by atoms with van der Waals surface area (Å²) in [5.41, 5.74) is 5.36. The van der Waals surface area contributed by atoms with E-state index in [-0.39, 0.29) is 12.5 Å². The molecule has 3 amide bonds. The molecule has 1 fully saturated rings. The Morgan fingerprint density at radius 3 is 2.58 bits per heavy atom. The Kier molecular flexibility index (Phi) is 5.22. The Balaban J connectivity index is 2.50. The summed E-state index contributed by atoms with van der Waals surface area (Å²) in [5.74, 6) is -1.45. The van der Waals surface area contributed by atoms with Crippen LogP contribution in [0.25, 0.3) is 0 Å². The molecule has 19 heavy (non-hydrogen) atoms. The van der Waals surface area contributed by atoms with Crippen LogP contribution in [0.15, 0.2) is 0 Å². The van der Waals surface area contributed by atoms with Gasteiger partial charge in [-0.25, -0.2) is 0 Å². The first-order valence-corrected chi connectivity index (χ1v) is 6.30. The van der Waals surface area contributed by atoms with Crippen LogP contribution in [0, 0.1) is 0 Å². The highest BCUT2D eigenvalue weighted by Crippen LogP contribution is 2.03. The lowest BCUT2D eigenvalue weighted by atomic mass is 10.3. The molecule has 0 atom stereocenters. The van der Waals surface area contributed by atoms with Gasteiger partial charge in [-0.1, -0.05) is 12.2 Å². The minimum Gasteiger partial charge on any atom is -0.393 e. The standard InChI is InChI=1S/C11H18N4O3S/c1-13(4-3-8(12)19)9(16)7-15-6-5-14(2)10(17)11(15)18/h3-7H2,1-2H3,(H2,12,19). The summed E-state index contributed by atoms with van der Waals surface area (Å²) in [6, 6.07) is 0. The topological polar surface area (TPSA) is 86.9 Å². The van der Waals surface area contributed by atoms with Gasteiger partial charge in [-0.3, -0.25) is 14.4 Å². The number of hydrogen-bond acceptors (Lipinski definition) is 4. The van der Waals surface area contributed by atoms with E-state index in [0.29, 0.717) is 31.0 Å². The van der Waals surface area contributed by atoms with Crippen molar-refractivity contribution in [2.45, 2.75) is 6.42 Å². The SMILES string of the molecule is CN(CCC(N)=S)C(=O)CN1CCN(C)C(=O)C1=O. The average Bonchev–Trinajstić information content (AvgIpc) is 2.36. The van der Waals surface area contributed by atoms with E-state index in [1.165, 1.54) is 14.7 Å². The van der Waals surface area contributed by atoms with Gasteiger partial charge in [0.15, 0.2) is 0 Å². The molecule has 1 aliphatic rings. The molecule has 0 radical (unpaired) electrons. The lowest BCUT2D eigenvalue weighted by molar-refractivity contribution is -0.156. The quantitative estimate of drug-likeness (QED) is 0.487. The second-order valence-corrected chi connectivity index (χ2v) is 5.01. The third kappa shape index (κ3) is 4.16. The number of piperazine rings is 1. The van der Waals surface area contributed by atoms with Gasteiger partial charge >= 0.3 is 11.8 Å². The summed E-state index contributed by atoms with van der Waals surface area (Å²) >= 11 is 4.73. The number of thiocarbonyl (C=S) groups is 1. The van der Waals surface area contributed by atoms with Crippen LogP contribution >= 0.6 is 12.2 Å². The Bertz CT molecular complexity index is 413. The lowest BCUT2D eigenvalue weighted by Crippen LogP contribution is -2.55. The normalized spacial score (nSPS) is 15.7. The number of rotatable bonds is 5. The van der Waals surface area contributed by atoms with Crippen molar-refractivity contribution in [1.29, 1.82) is 0 Å². The van der Waals surface area contributed by atoms with Crippen molar-refractivity contribution < 1.29 is 14.4 Å². The highest BCUT2D eigenvalue weighted by molar-refractivity contribution is 7.80. The van der Waals surface area contributed by atoms with E-state index in [1.54, 1.807) is 14.1 Å². The third-order valence-corrected chi connectivity index (χ3v) is 3.17. The fourth-order valence-electron chi connectivity index (χ4n) is 1.61. The molecule has 106 valence electrons. The van der Waals surface area contributed by atoms with Gasteiger partial charge in [0.05, 0.1) is 4.99 Å². The van der Waals surface area contributed by atoms with E-state index in [2.05, 4.69) is 0 Å². The molecule has 0 aromatic rings. The zero-order valence-electron chi connectivity index (χ0n) is 11.1. The van der Waals surface area contributed by atoms with Crippen LogP contribution in [0.3, 0.4) is 0 Å². The summed E-state index contributed by atoms with van der Waals surface area (Å²) in [6.07, 6.45) is 0.438. The van der Waals surface area contributed by atoms with Crippen LogP contribution in [0.1, 0.15) is 6.42 Å². The molecule has 0 aliphatic carbocycles. The minimum absolute atomic E-state index is 0.0910. The van der Waals surface area contributed by atoms with E-state index < -0.39 is 11.8 Å². The van der Waals surface area contributed by atoms with Gasteiger partial charge in [-0.15, -0.1) is 0 Å². The zero-order valence-corrected chi connectivity index (χ0v) is 11.9. The van der Waals surface area contributed by atoms with Crippen LogP contribution in [-0.2, 0) is 14.4 Å². The molecule has 0 bridgehead atoms. The Morgan fingerprint density at radius 2 is 2.00 bits per heavy atom. The largest absolute Gasteiger partial charge is 0.393 e. The first kappa shape index (κ1) is 15.4. The number of nitrogens with two attached hydrogens (primary N) is 1. The minimum atomic E-state index is -0.634. The monoisotopic (exact) mass is 286 g/mol. The van der Waals surface area contributed by atoms with Gasteiger partial charge in [-0.05, 0) is 0 Å². The van der Waals surface area contributed by atoms with Crippen LogP contribution in [0.4, 0.5) is 0 Å². The lowest BCUT2D eigenvalue weighted by Gasteiger charge is -2.32. The van der Waals surface area contributed by atoms with Crippen LogP contribution in [0.5, 0.6) is 0 Å². The number of amides is 3. The first-order valence-electron chi connectivity index (χ1n) is 5.89. The fraction of sp³-hybridized carbons (Fsp3) is 0.636. The summed E-state index contributed by atoms with van der Waals surface area (Å²) in [6.45, 7) is 1.13. The highest BCUT2D eigenvalue weighted by atomic mass is 32.1. The van der Waals surface area contributed by atoms with E-state index in [1.807, 2.05) is 0 Å². The van der Waals surface area contributed by atoms with Crippen LogP contribution in [-0.4, -0.2) is 77.7 Å². The molecule has 8 heteroatoms. The second kappa shape index (κ2) is 6.46. The van der Waals surface area contributed by atoms with Crippen molar-refractivity contribution in [3.05, 3.63) is 0 Å². The molecule has 1 saturated heterocycles. The highest BCUT2D eigenvalue weighted by Gasteiger charge is 2.31. The molecule has 2 N–H and O–H groups in total. The van der Waals surface area contributed by atoms with E-state index >= 15 is 0 Å². The van der Waals surface area contributed by atoms with Gasteiger partial charge in [0.25, 0.3) is 0 Å². The molecule has 1 rings (SSSR count). The number of carbonyl (C=O) groups excluding carboxylic acids is 3. The van der Waals surface area contributed by atoms with Crippen molar-refractivity contribution in [2.75, 3.05) is 40.3 Å². The first-order chi connectivity index (χ1) is 8.82. The zero-order chi connectivity index (χ0) is 14.6. The number of nitrogens with zero attached hydrogens (tertiary/aromatic N) is 3. The predicted octanol–water partition coefficient (Wildman–Crippen LogP) is -1.58. The predicted molar refractivity (Wildman–Crippen MR) is 73.3 cm³/mol. The number of likely N-dealkylation sites (N-methyl/N-ethyl adjacent to an activating group) is 2. The second-order valence-electron chi connectivity index (χ2n) is 4.49. The molecular weight excluding hydrogens is 268 g/mol.